The molecule has 5 heteroatoms. The Kier molecular flexibility index (Phi) is 3.99. The molecular formula is C13H15ClN4. The van der Waals surface area contributed by atoms with E-state index in [0.29, 0.717) is 6.54 Å². The normalized spacial score (nSPS) is 10.2. The van der Waals surface area contributed by atoms with E-state index in [4.69, 9.17) is 11.6 Å². The van der Waals surface area contributed by atoms with Crippen LogP contribution < -0.4 is 10.2 Å². The van der Waals surface area contributed by atoms with E-state index < -0.39 is 0 Å². The third-order valence-corrected chi connectivity index (χ3v) is 2.71. The molecule has 0 aliphatic carbocycles. The van der Waals surface area contributed by atoms with E-state index >= 15 is 0 Å². The van der Waals surface area contributed by atoms with E-state index in [2.05, 4.69) is 27.4 Å². The van der Waals surface area contributed by atoms with Crippen LogP contribution in [0.15, 0.2) is 36.5 Å². The summed E-state index contributed by atoms with van der Waals surface area (Å²) >= 11 is 5.82. The molecular weight excluding hydrogens is 248 g/mol. The Morgan fingerprint density at radius 1 is 1.22 bits per heavy atom. The van der Waals surface area contributed by atoms with Crippen molar-refractivity contribution in [2.45, 2.75) is 6.54 Å². The maximum atomic E-state index is 5.82. The number of nitrogens with one attached hydrogen (secondary N) is 1. The molecule has 0 amide bonds. The molecule has 0 spiro atoms. The lowest BCUT2D eigenvalue weighted by molar-refractivity contribution is 1.03. The number of aromatic nitrogens is 2. The monoisotopic (exact) mass is 262 g/mol. The van der Waals surface area contributed by atoms with Crippen LogP contribution in [0, 0.1) is 0 Å². The zero-order valence-corrected chi connectivity index (χ0v) is 11.1. The van der Waals surface area contributed by atoms with Crippen LogP contribution in [0.2, 0.25) is 5.28 Å². The summed E-state index contributed by atoms with van der Waals surface area (Å²) in [5.41, 5.74) is 2.10. The quantitative estimate of drug-likeness (QED) is 0.861. The summed E-state index contributed by atoms with van der Waals surface area (Å²) in [6, 6.07) is 10.1. The second kappa shape index (κ2) is 5.69. The van der Waals surface area contributed by atoms with Gasteiger partial charge in [0.1, 0.15) is 0 Å². The van der Waals surface area contributed by atoms with Gasteiger partial charge in [0, 0.05) is 20.6 Å². The Labute approximate surface area is 112 Å². The predicted molar refractivity (Wildman–Crippen MR) is 75.1 cm³/mol. The van der Waals surface area contributed by atoms with Gasteiger partial charge in [-0.3, -0.25) is 0 Å². The van der Waals surface area contributed by atoms with Crippen LogP contribution in [0.1, 0.15) is 5.56 Å². The number of benzene rings is 1. The fourth-order valence-corrected chi connectivity index (χ4v) is 1.73. The van der Waals surface area contributed by atoms with Gasteiger partial charge in [0.05, 0.1) is 11.9 Å². The van der Waals surface area contributed by atoms with Crippen molar-refractivity contribution in [2.24, 2.45) is 0 Å². The minimum Gasteiger partial charge on any atom is -0.373 e. The van der Waals surface area contributed by atoms with Crippen LogP contribution >= 0.6 is 11.6 Å². The fraction of sp³-hybridized carbons (Fsp3) is 0.231. The van der Waals surface area contributed by atoms with E-state index in [9.17, 15) is 0 Å². The average molecular weight is 263 g/mol. The molecule has 0 radical (unpaired) electrons. The Morgan fingerprint density at radius 3 is 2.61 bits per heavy atom. The summed E-state index contributed by atoms with van der Waals surface area (Å²) in [4.78, 5) is 10.1. The van der Waals surface area contributed by atoms with Crippen LogP contribution in [0.5, 0.6) is 0 Å². The first-order valence-electron chi connectivity index (χ1n) is 5.64. The summed E-state index contributed by atoms with van der Waals surface area (Å²) < 4.78 is 0. The van der Waals surface area contributed by atoms with E-state index in [-0.39, 0.29) is 5.28 Å². The molecule has 0 saturated heterocycles. The minimum atomic E-state index is 0.246. The number of nitrogens with zero attached hydrogens (tertiary/aromatic N) is 3. The number of halogens is 1. The smallest absolute Gasteiger partial charge is 0.224 e. The molecule has 0 fully saturated rings. The second-order valence-corrected chi connectivity index (χ2v) is 4.44. The first kappa shape index (κ1) is 12.6. The van der Waals surface area contributed by atoms with Crippen molar-refractivity contribution in [3.8, 4) is 0 Å². The highest BCUT2D eigenvalue weighted by Gasteiger charge is 2.07. The average Bonchev–Trinajstić information content (AvgIpc) is 2.37. The van der Waals surface area contributed by atoms with Gasteiger partial charge in [-0.2, -0.15) is 4.98 Å². The Balaban J connectivity index is 2.15. The molecule has 0 saturated carbocycles. The molecule has 18 heavy (non-hydrogen) atoms. The fourth-order valence-electron chi connectivity index (χ4n) is 1.59. The van der Waals surface area contributed by atoms with Gasteiger partial charge in [-0.05, 0) is 17.2 Å². The summed E-state index contributed by atoms with van der Waals surface area (Å²) in [6.07, 6.45) is 1.71. The van der Waals surface area contributed by atoms with Crippen molar-refractivity contribution in [1.29, 1.82) is 0 Å². The van der Waals surface area contributed by atoms with E-state index in [0.717, 1.165) is 11.5 Å². The van der Waals surface area contributed by atoms with Gasteiger partial charge in [0.2, 0.25) is 5.28 Å². The Bertz CT molecular complexity index is 514. The molecule has 0 aliphatic rings. The molecule has 0 aliphatic heterocycles. The molecule has 0 unspecified atom stereocenters. The number of rotatable bonds is 4. The van der Waals surface area contributed by atoms with Crippen molar-refractivity contribution < 1.29 is 0 Å². The van der Waals surface area contributed by atoms with Crippen LogP contribution in [-0.2, 0) is 6.54 Å². The lowest BCUT2D eigenvalue weighted by atomic mass is 10.2. The minimum absolute atomic E-state index is 0.246. The summed E-state index contributed by atoms with van der Waals surface area (Å²) in [6.45, 7) is 0.703. The number of hydrogen-bond acceptors (Lipinski definition) is 4. The highest BCUT2D eigenvalue weighted by molar-refractivity contribution is 6.28. The molecule has 2 rings (SSSR count). The van der Waals surface area contributed by atoms with Crippen molar-refractivity contribution in [3.05, 3.63) is 47.4 Å². The van der Waals surface area contributed by atoms with Gasteiger partial charge >= 0.3 is 0 Å². The molecule has 1 N–H and O–H groups in total. The number of anilines is 2. The predicted octanol–water partition coefficient (Wildman–Crippen LogP) is 2.81. The standard InChI is InChI=1S/C13H15ClN4/c1-18(2)11-9-16-13(14)17-12(11)15-8-10-6-4-3-5-7-10/h3-7,9H,8H2,1-2H3,(H,15,16,17). The van der Waals surface area contributed by atoms with Crippen LogP contribution in [0.25, 0.3) is 0 Å². The molecule has 4 nitrogen and oxygen atoms in total. The van der Waals surface area contributed by atoms with Gasteiger partial charge in [-0.15, -0.1) is 0 Å². The lowest BCUT2D eigenvalue weighted by Gasteiger charge is -2.17. The van der Waals surface area contributed by atoms with Crippen LogP contribution in [-0.4, -0.2) is 24.1 Å². The SMILES string of the molecule is CN(C)c1cnc(Cl)nc1NCc1ccccc1. The highest BCUT2D eigenvalue weighted by Crippen LogP contribution is 2.22. The van der Waals surface area contributed by atoms with Gasteiger partial charge in [0.25, 0.3) is 0 Å². The summed E-state index contributed by atoms with van der Waals surface area (Å²) in [5.74, 6) is 0.740. The first-order valence-corrected chi connectivity index (χ1v) is 6.02. The molecule has 1 aromatic heterocycles. The van der Waals surface area contributed by atoms with Crippen molar-refractivity contribution in [2.75, 3.05) is 24.3 Å². The molecule has 0 bridgehead atoms. The van der Waals surface area contributed by atoms with Gasteiger partial charge in [0.15, 0.2) is 5.82 Å². The summed E-state index contributed by atoms with van der Waals surface area (Å²) in [7, 11) is 3.89. The van der Waals surface area contributed by atoms with Gasteiger partial charge in [-0.25, -0.2) is 4.98 Å². The van der Waals surface area contributed by atoms with Crippen molar-refractivity contribution >= 4 is 23.1 Å². The zero-order valence-electron chi connectivity index (χ0n) is 10.4. The topological polar surface area (TPSA) is 41.1 Å². The molecule has 94 valence electrons. The molecule has 0 atom stereocenters. The number of hydrogen-bond donors (Lipinski definition) is 1. The Morgan fingerprint density at radius 2 is 1.94 bits per heavy atom. The second-order valence-electron chi connectivity index (χ2n) is 4.11. The van der Waals surface area contributed by atoms with E-state index in [1.54, 1.807) is 6.20 Å². The largest absolute Gasteiger partial charge is 0.373 e. The molecule has 1 heterocycles. The molecule has 1 aromatic carbocycles. The highest BCUT2D eigenvalue weighted by atomic mass is 35.5. The van der Waals surface area contributed by atoms with E-state index in [1.165, 1.54) is 5.56 Å². The maximum Gasteiger partial charge on any atom is 0.224 e. The van der Waals surface area contributed by atoms with E-state index in [1.807, 2.05) is 37.2 Å². The lowest BCUT2D eigenvalue weighted by Crippen LogP contribution is -2.14. The summed E-state index contributed by atoms with van der Waals surface area (Å²) in [5, 5.41) is 3.52. The zero-order chi connectivity index (χ0) is 13.0. The third-order valence-electron chi connectivity index (χ3n) is 2.52. The Hall–Kier alpha value is -1.81. The maximum absolute atomic E-state index is 5.82. The van der Waals surface area contributed by atoms with Gasteiger partial charge in [-0.1, -0.05) is 30.3 Å². The van der Waals surface area contributed by atoms with Gasteiger partial charge < -0.3 is 10.2 Å². The van der Waals surface area contributed by atoms with Crippen LogP contribution in [0.3, 0.4) is 0 Å². The van der Waals surface area contributed by atoms with Crippen molar-refractivity contribution in [3.63, 3.8) is 0 Å². The van der Waals surface area contributed by atoms with Crippen LogP contribution in [0.4, 0.5) is 11.5 Å². The first-order chi connectivity index (χ1) is 8.66. The third kappa shape index (κ3) is 3.11. The van der Waals surface area contributed by atoms with Crippen molar-refractivity contribution in [1.82, 2.24) is 9.97 Å². The molecule has 2 aromatic rings.